The second-order valence-electron chi connectivity index (χ2n) is 7.59. The molecule has 170 valence electrons. The van der Waals surface area contributed by atoms with E-state index in [0.717, 1.165) is 22.4 Å². The summed E-state index contributed by atoms with van der Waals surface area (Å²) in [5.41, 5.74) is 4.46. The number of benzene rings is 3. The van der Waals surface area contributed by atoms with Gasteiger partial charge in [0.15, 0.2) is 0 Å². The molecular weight excluding hydrogens is 448 g/mol. The number of nitriles is 1. The van der Waals surface area contributed by atoms with Gasteiger partial charge in [-0.15, -0.1) is 0 Å². The average molecular weight is 471 g/mol. The molecule has 4 aromatic rings. The molecule has 0 saturated heterocycles. The van der Waals surface area contributed by atoms with Crippen LogP contribution in [0.25, 0.3) is 11.3 Å². The highest BCUT2D eigenvalue weighted by Gasteiger charge is 2.14. The molecule has 0 fully saturated rings. The van der Waals surface area contributed by atoms with Gasteiger partial charge in [0.25, 0.3) is 10.1 Å². The van der Waals surface area contributed by atoms with Crippen molar-refractivity contribution >= 4 is 21.8 Å². The molecule has 0 saturated carbocycles. The number of hydrogen-bond acceptors (Lipinski definition) is 7. The van der Waals surface area contributed by atoms with Crippen LogP contribution in [0.15, 0.2) is 90.0 Å². The first kappa shape index (κ1) is 23.1. The Labute approximate surface area is 198 Å². The summed E-state index contributed by atoms with van der Waals surface area (Å²) in [4.78, 5) is 8.89. The van der Waals surface area contributed by atoms with Crippen LogP contribution in [0.3, 0.4) is 0 Å². The lowest BCUT2D eigenvalue weighted by molar-refractivity contribution is 0.322. The van der Waals surface area contributed by atoms with Gasteiger partial charge >= 0.3 is 0 Å². The molecule has 0 bridgehead atoms. The lowest BCUT2D eigenvalue weighted by atomic mass is 10.1. The van der Waals surface area contributed by atoms with E-state index in [2.05, 4.69) is 21.4 Å². The van der Waals surface area contributed by atoms with Gasteiger partial charge in [0, 0.05) is 11.3 Å². The molecule has 1 heterocycles. The zero-order valence-electron chi connectivity index (χ0n) is 18.5. The molecule has 0 radical (unpaired) electrons. The maximum absolute atomic E-state index is 12.3. The Kier molecular flexibility index (Phi) is 6.97. The van der Waals surface area contributed by atoms with Crippen LogP contribution in [-0.4, -0.2) is 25.0 Å². The fraction of sp³-hybridized carbons (Fsp3) is 0.115. The predicted octanol–water partition coefficient (Wildman–Crippen LogP) is 5.02. The Bertz CT molecular complexity index is 1410. The highest BCUT2D eigenvalue weighted by Crippen LogP contribution is 2.23. The number of hydrogen-bond donors (Lipinski definition) is 1. The molecule has 0 atom stereocenters. The normalized spacial score (nSPS) is 11.1. The molecule has 1 aromatic heterocycles. The van der Waals surface area contributed by atoms with Gasteiger partial charge in [-0.3, -0.25) is 4.18 Å². The summed E-state index contributed by atoms with van der Waals surface area (Å²) < 4.78 is 29.8. The summed E-state index contributed by atoms with van der Waals surface area (Å²) in [7, 11) is -3.78. The molecule has 34 heavy (non-hydrogen) atoms. The van der Waals surface area contributed by atoms with Gasteiger partial charge < -0.3 is 5.32 Å². The number of rotatable bonds is 8. The number of aromatic nitrogens is 2. The van der Waals surface area contributed by atoms with Crippen molar-refractivity contribution in [3.05, 3.63) is 102 Å². The van der Waals surface area contributed by atoms with Crippen molar-refractivity contribution < 1.29 is 12.6 Å². The molecule has 1 N–H and O–H groups in total. The molecule has 0 spiro atoms. The van der Waals surface area contributed by atoms with E-state index in [1.807, 2.05) is 61.5 Å². The Hall–Kier alpha value is -4.06. The minimum Gasteiger partial charge on any atom is -0.324 e. The highest BCUT2D eigenvalue weighted by atomic mass is 32.2. The number of nitrogens with zero attached hydrogens (tertiary/aromatic N) is 3. The topological polar surface area (TPSA) is 105 Å². The number of nitrogens with one attached hydrogen (secondary N) is 1. The van der Waals surface area contributed by atoms with E-state index in [4.69, 9.17) is 4.18 Å². The number of anilines is 2. The average Bonchev–Trinajstić information content (AvgIpc) is 2.86. The van der Waals surface area contributed by atoms with Crippen LogP contribution in [0.2, 0.25) is 0 Å². The van der Waals surface area contributed by atoms with E-state index in [1.54, 1.807) is 24.3 Å². The molecule has 4 rings (SSSR count). The van der Waals surface area contributed by atoms with Crippen molar-refractivity contribution in [2.45, 2.75) is 18.2 Å². The fourth-order valence-electron chi connectivity index (χ4n) is 3.27. The second-order valence-corrected chi connectivity index (χ2v) is 9.21. The van der Waals surface area contributed by atoms with Gasteiger partial charge in [-0.05, 0) is 43.2 Å². The maximum Gasteiger partial charge on any atom is 0.296 e. The zero-order chi connectivity index (χ0) is 24.0. The minimum atomic E-state index is -3.78. The van der Waals surface area contributed by atoms with E-state index in [-0.39, 0.29) is 11.5 Å². The van der Waals surface area contributed by atoms with E-state index < -0.39 is 10.1 Å². The maximum atomic E-state index is 12.3. The molecule has 0 amide bonds. The van der Waals surface area contributed by atoms with Gasteiger partial charge in [0.05, 0.1) is 29.0 Å². The van der Waals surface area contributed by atoms with Crippen molar-refractivity contribution in [2.75, 3.05) is 11.9 Å². The van der Waals surface area contributed by atoms with Crippen molar-refractivity contribution in [3.63, 3.8) is 0 Å². The summed E-state index contributed by atoms with van der Waals surface area (Å²) in [6, 6.07) is 25.6. The SMILES string of the molecule is Cc1ccc(S(=O)(=O)OCCc2ccc(Nc3ncc(C#N)c(-c4ccccc4)n3)cc2)cc1. The van der Waals surface area contributed by atoms with E-state index >= 15 is 0 Å². The first-order valence-corrected chi connectivity index (χ1v) is 12.0. The quantitative estimate of drug-likeness (QED) is 0.361. The third-order valence-corrected chi connectivity index (χ3v) is 6.43. The van der Waals surface area contributed by atoms with Gasteiger partial charge in [0.1, 0.15) is 6.07 Å². The molecule has 0 aliphatic carbocycles. The van der Waals surface area contributed by atoms with Crippen LogP contribution in [0.4, 0.5) is 11.6 Å². The largest absolute Gasteiger partial charge is 0.324 e. The van der Waals surface area contributed by atoms with Crippen LogP contribution in [-0.2, 0) is 20.7 Å². The Balaban J connectivity index is 1.39. The standard InChI is InChI=1S/C26H22N4O3S/c1-19-7-13-24(14-8-19)34(31,32)33-16-15-20-9-11-23(12-10-20)29-26-28-18-22(17-27)25(30-26)21-5-3-2-4-6-21/h2-14,18H,15-16H2,1H3,(H,28,29,30). The molecule has 0 aliphatic rings. The predicted molar refractivity (Wildman–Crippen MR) is 130 cm³/mol. The third kappa shape index (κ3) is 5.64. The molecular formula is C26H22N4O3S. The Morgan fingerprint density at radius 2 is 1.68 bits per heavy atom. The fourth-order valence-corrected chi connectivity index (χ4v) is 4.17. The lowest BCUT2D eigenvalue weighted by Gasteiger charge is -2.09. The number of aryl methyl sites for hydroxylation is 1. The monoisotopic (exact) mass is 470 g/mol. The van der Waals surface area contributed by atoms with Gasteiger partial charge in [0.2, 0.25) is 5.95 Å². The molecule has 0 aliphatic heterocycles. The van der Waals surface area contributed by atoms with Gasteiger partial charge in [-0.2, -0.15) is 13.7 Å². The Morgan fingerprint density at radius 3 is 2.35 bits per heavy atom. The third-order valence-electron chi connectivity index (χ3n) is 5.11. The molecule has 7 nitrogen and oxygen atoms in total. The molecule has 3 aromatic carbocycles. The molecule has 0 unspecified atom stereocenters. The minimum absolute atomic E-state index is 0.0438. The zero-order valence-corrected chi connectivity index (χ0v) is 19.3. The van der Waals surface area contributed by atoms with Gasteiger partial charge in [-0.25, -0.2) is 9.97 Å². The van der Waals surface area contributed by atoms with Crippen LogP contribution in [0, 0.1) is 18.3 Å². The van der Waals surface area contributed by atoms with E-state index in [1.165, 1.54) is 6.20 Å². The van der Waals surface area contributed by atoms with Crippen LogP contribution in [0.5, 0.6) is 0 Å². The van der Waals surface area contributed by atoms with Crippen LogP contribution < -0.4 is 5.32 Å². The van der Waals surface area contributed by atoms with Crippen molar-refractivity contribution in [1.29, 1.82) is 5.26 Å². The first-order chi connectivity index (χ1) is 16.4. The van der Waals surface area contributed by atoms with E-state index in [9.17, 15) is 13.7 Å². The van der Waals surface area contributed by atoms with Gasteiger partial charge in [-0.1, -0.05) is 60.2 Å². The van der Waals surface area contributed by atoms with E-state index in [0.29, 0.717) is 23.6 Å². The summed E-state index contributed by atoms with van der Waals surface area (Å²) in [5.74, 6) is 0.373. The highest BCUT2D eigenvalue weighted by molar-refractivity contribution is 7.86. The first-order valence-electron chi connectivity index (χ1n) is 10.6. The van der Waals surface area contributed by atoms with Crippen LogP contribution >= 0.6 is 0 Å². The van der Waals surface area contributed by atoms with Crippen molar-refractivity contribution in [3.8, 4) is 17.3 Å². The smallest absolute Gasteiger partial charge is 0.296 e. The van der Waals surface area contributed by atoms with Crippen LogP contribution in [0.1, 0.15) is 16.7 Å². The second kappa shape index (κ2) is 10.3. The van der Waals surface area contributed by atoms with Crippen molar-refractivity contribution in [2.24, 2.45) is 0 Å². The van der Waals surface area contributed by atoms with Crippen molar-refractivity contribution in [1.82, 2.24) is 9.97 Å². The summed E-state index contributed by atoms with van der Waals surface area (Å²) in [6.45, 7) is 1.94. The molecule has 8 heteroatoms. The lowest BCUT2D eigenvalue weighted by Crippen LogP contribution is -2.09. The summed E-state index contributed by atoms with van der Waals surface area (Å²) in [6.07, 6.45) is 1.94. The summed E-state index contributed by atoms with van der Waals surface area (Å²) in [5, 5.41) is 12.5. The Morgan fingerprint density at radius 1 is 0.971 bits per heavy atom. The summed E-state index contributed by atoms with van der Waals surface area (Å²) >= 11 is 0.